The standard InChI is InChI=1S/C17H29Cl2N3O2/c1-17(8-21-9-17)16(24)22-4-2-10(3-5-22)15(20)11-6-12(18)13(19)7-14(11)23/h10-15,21,23H,2-9,20H2,1H3/t11?,12?,13?,14?,15-/m1/s1. The fourth-order valence-corrected chi connectivity index (χ4v) is 5.00. The van der Waals surface area contributed by atoms with Crippen molar-refractivity contribution < 1.29 is 9.90 Å². The Morgan fingerprint density at radius 1 is 1.25 bits per heavy atom. The van der Waals surface area contributed by atoms with E-state index in [4.69, 9.17) is 28.9 Å². The maximum absolute atomic E-state index is 12.6. The van der Waals surface area contributed by atoms with Crippen molar-refractivity contribution in [1.29, 1.82) is 0 Å². The van der Waals surface area contributed by atoms with Gasteiger partial charge in [0.25, 0.3) is 0 Å². The molecule has 2 heterocycles. The third-order valence-corrected chi connectivity index (χ3v) is 7.36. The van der Waals surface area contributed by atoms with Gasteiger partial charge in [0.2, 0.25) is 5.91 Å². The molecule has 138 valence electrons. The zero-order valence-corrected chi connectivity index (χ0v) is 15.8. The van der Waals surface area contributed by atoms with Gasteiger partial charge in [-0.25, -0.2) is 0 Å². The molecule has 0 aromatic rings. The van der Waals surface area contributed by atoms with Gasteiger partial charge in [-0.2, -0.15) is 0 Å². The molecule has 1 amide bonds. The van der Waals surface area contributed by atoms with Gasteiger partial charge in [-0.1, -0.05) is 0 Å². The number of piperidine rings is 1. The van der Waals surface area contributed by atoms with Gasteiger partial charge < -0.3 is 21.1 Å². The molecule has 2 saturated heterocycles. The molecule has 4 unspecified atom stereocenters. The number of aliphatic hydroxyl groups excluding tert-OH is 1. The molecule has 5 atom stereocenters. The quantitative estimate of drug-likeness (QED) is 0.644. The fraction of sp³-hybridized carbons (Fsp3) is 0.941. The van der Waals surface area contributed by atoms with Crippen LogP contribution in [0.5, 0.6) is 0 Å². The summed E-state index contributed by atoms with van der Waals surface area (Å²) in [6, 6.07) is -0.0800. The number of nitrogens with zero attached hydrogens (tertiary/aromatic N) is 1. The second kappa shape index (κ2) is 7.28. The average Bonchev–Trinajstić information content (AvgIpc) is 2.55. The highest BCUT2D eigenvalue weighted by molar-refractivity contribution is 6.30. The van der Waals surface area contributed by atoms with Crippen molar-refractivity contribution in [2.24, 2.45) is 23.0 Å². The van der Waals surface area contributed by atoms with E-state index < -0.39 is 6.10 Å². The van der Waals surface area contributed by atoms with Crippen molar-refractivity contribution in [1.82, 2.24) is 10.2 Å². The van der Waals surface area contributed by atoms with Crippen LogP contribution >= 0.6 is 23.2 Å². The molecule has 24 heavy (non-hydrogen) atoms. The molecule has 0 aromatic heterocycles. The van der Waals surface area contributed by atoms with Crippen LogP contribution in [0.15, 0.2) is 0 Å². The lowest BCUT2D eigenvalue weighted by Gasteiger charge is -2.45. The summed E-state index contributed by atoms with van der Waals surface area (Å²) < 4.78 is 0. The third-order valence-electron chi connectivity index (χ3n) is 6.26. The number of amides is 1. The minimum absolute atomic E-state index is 0.00287. The Bertz CT molecular complexity index is 467. The van der Waals surface area contributed by atoms with Crippen LogP contribution in [0.25, 0.3) is 0 Å². The first-order chi connectivity index (χ1) is 11.3. The van der Waals surface area contributed by atoms with E-state index in [2.05, 4.69) is 5.32 Å². The number of alkyl halides is 2. The van der Waals surface area contributed by atoms with Crippen LogP contribution in [0.4, 0.5) is 0 Å². The first-order valence-electron chi connectivity index (χ1n) is 9.04. The number of halogens is 2. The summed E-state index contributed by atoms with van der Waals surface area (Å²) in [5, 5.41) is 13.2. The molecule has 0 aromatic carbocycles. The van der Waals surface area contributed by atoms with Crippen molar-refractivity contribution in [3.8, 4) is 0 Å². The van der Waals surface area contributed by atoms with E-state index in [1.54, 1.807) is 0 Å². The van der Waals surface area contributed by atoms with Gasteiger partial charge in [-0.3, -0.25) is 4.79 Å². The Labute approximate surface area is 154 Å². The molecule has 4 N–H and O–H groups in total. The van der Waals surface area contributed by atoms with Crippen LogP contribution in [0.2, 0.25) is 0 Å². The lowest BCUT2D eigenvalue weighted by Crippen LogP contribution is -2.61. The fourth-order valence-electron chi connectivity index (χ4n) is 4.40. The summed E-state index contributed by atoms with van der Waals surface area (Å²) in [7, 11) is 0. The summed E-state index contributed by atoms with van der Waals surface area (Å²) in [5.41, 5.74) is 6.26. The average molecular weight is 378 g/mol. The van der Waals surface area contributed by atoms with Crippen molar-refractivity contribution in [2.75, 3.05) is 26.2 Å². The van der Waals surface area contributed by atoms with Crippen LogP contribution in [-0.4, -0.2) is 65.0 Å². The molecule has 0 radical (unpaired) electrons. The minimum atomic E-state index is -0.475. The molecule has 3 aliphatic rings. The number of hydrogen-bond acceptors (Lipinski definition) is 4. The lowest BCUT2D eigenvalue weighted by atomic mass is 9.74. The zero-order chi connectivity index (χ0) is 17.5. The number of carbonyl (C=O) groups is 1. The largest absolute Gasteiger partial charge is 0.393 e. The minimum Gasteiger partial charge on any atom is -0.393 e. The summed E-state index contributed by atoms with van der Waals surface area (Å²) in [6.07, 6.45) is 2.50. The van der Waals surface area contributed by atoms with Gasteiger partial charge in [0.05, 0.1) is 22.3 Å². The first-order valence-corrected chi connectivity index (χ1v) is 9.91. The maximum Gasteiger partial charge on any atom is 0.231 e. The van der Waals surface area contributed by atoms with E-state index in [0.29, 0.717) is 18.8 Å². The number of hydrogen-bond donors (Lipinski definition) is 3. The Kier molecular flexibility index (Phi) is 5.67. The molecule has 1 aliphatic carbocycles. The third kappa shape index (κ3) is 3.56. The van der Waals surface area contributed by atoms with Crippen LogP contribution in [-0.2, 0) is 4.79 Å². The summed E-state index contributed by atoms with van der Waals surface area (Å²) in [6.45, 7) is 5.10. The van der Waals surface area contributed by atoms with E-state index in [9.17, 15) is 9.90 Å². The monoisotopic (exact) mass is 377 g/mol. The summed E-state index contributed by atoms with van der Waals surface area (Å²) in [4.78, 5) is 14.6. The van der Waals surface area contributed by atoms with Gasteiger partial charge in [-0.05, 0) is 38.5 Å². The number of rotatable bonds is 3. The van der Waals surface area contributed by atoms with Crippen LogP contribution in [0.1, 0.15) is 32.6 Å². The van der Waals surface area contributed by atoms with E-state index in [1.165, 1.54) is 0 Å². The van der Waals surface area contributed by atoms with Crippen molar-refractivity contribution in [3.63, 3.8) is 0 Å². The first kappa shape index (κ1) is 18.7. The Balaban J connectivity index is 1.53. The molecule has 0 bridgehead atoms. The van der Waals surface area contributed by atoms with Crippen molar-refractivity contribution in [2.45, 2.75) is 55.5 Å². The second-order valence-corrected chi connectivity index (χ2v) is 9.23. The van der Waals surface area contributed by atoms with Crippen LogP contribution < -0.4 is 11.1 Å². The predicted octanol–water partition coefficient (Wildman–Crippen LogP) is 1.15. The van der Waals surface area contributed by atoms with E-state index in [0.717, 1.165) is 39.0 Å². The molecule has 1 saturated carbocycles. The highest BCUT2D eigenvalue weighted by Crippen LogP contribution is 2.37. The Hall–Kier alpha value is -0.0700. The van der Waals surface area contributed by atoms with Gasteiger partial charge in [0.1, 0.15) is 0 Å². The number of nitrogens with one attached hydrogen (secondary N) is 1. The van der Waals surface area contributed by atoms with E-state index in [1.807, 2.05) is 11.8 Å². The topological polar surface area (TPSA) is 78.6 Å². The SMILES string of the molecule is CC1(C(=O)N2CCC([C@@H](N)C3CC(Cl)C(Cl)CC3O)CC2)CNC1. The van der Waals surface area contributed by atoms with Crippen LogP contribution in [0, 0.1) is 17.3 Å². The normalized spacial score (nSPS) is 38.5. The molecular formula is C17H29Cl2N3O2. The molecule has 5 nitrogen and oxygen atoms in total. The van der Waals surface area contributed by atoms with E-state index >= 15 is 0 Å². The van der Waals surface area contributed by atoms with Crippen LogP contribution in [0.3, 0.4) is 0 Å². The molecule has 7 heteroatoms. The predicted molar refractivity (Wildman–Crippen MR) is 96.3 cm³/mol. The lowest BCUT2D eigenvalue weighted by molar-refractivity contribution is -0.145. The number of aliphatic hydroxyl groups is 1. The number of nitrogens with two attached hydrogens (primary N) is 1. The summed E-state index contributed by atoms with van der Waals surface area (Å²) >= 11 is 12.4. The van der Waals surface area contributed by atoms with Gasteiger partial charge in [0, 0.05) is 38.1 Å². The second-order valence-electron chi connectivity index (χ2n) is 8.11. The van der Waals surface area contributed by atoms with Gasteiger partial charge in [-0.15, -0.1) is 23.2 Å². The molecule has 0 spiro atoms. The number of likely N-dealkylation sites (tertiary alicyclic amines) is 1. The summed E-state index contributed by atoms with van der Waals surface area (Å²) in [5.74, 6) is 0.594. The molecular weight excluding hydrogens is 349 g/mol. The van der Waals surface area contributed by atoms with Gasteiger partial charge in [0.15, 0.2) is 0 Å². The smallest absolute Gasteiger partial charge is 0.231 e. The molecule has 3 fully saturated rings. The highest BCUT2D eigenvalue weighted by Gasteiger charge is 2.44. The maximum atomic E-state index is 12.6. The van der Waals surface area contributed by atoms with E-state index in [-0.39, 0.29) is 34.0 Å². The molecule has 3 rings (SSSR count). The zero-order valence-electron chi connectivity index (χ0n) is 14.3. The van der Waals surface area contributed by atoms with Gasteiger partial charge >= 0.3 is 0 Å². The van der Waals surface area contributed by atoms with Crippen molar-refractivity contribution >= 4 is 29.1 Å². The Morgan fingerprint density at radius 2 is 1.83 bits per heavy atom. The van der Waals surface area contributed by atoms with Crippen molar-refractivity contribution in [3.05, 3.63) is 0 Å². The highest BCUT2D eigenvalue weighted by atomic mass is 35.5. The number of carbonyl (C=O) groups excluding carboxylic acids is 1. The Morgan fingerprint density at radius 3 is 2.38 bits per heavy atom. The molecule has 2 aliphatic heterocycles.